The number of aromatic hydroxyl groups is 2. The summed E-state index contributed by atoms with van der Waals surface area (Å²) < 4.78 is 22.2. The van der Waals surface area contributed by atoms with E-state index in [1.165, 1.54) is 0 Å². The minimum atomic E-state index is -5.05. The summed E-state index contributed by atoms with van der Waals surface area (Å²) in [4.78, 5) is 31.0. The van der Waals surface area contributed by atoms with Crippen molar-refractivity contribution in [3.05, 3.63) is 121 Å². The summed E-state index contributed by atoms with van der Waals surface area (Å²) in [5.41, 5.74) is 5.85. The normalized spacial score (nSPS) is 11.4. The van der Waals surface area contributed by atoms with Crippen molar-refractivity contribution in [2.45, 2.75) is 0 Å². The number of phenols is 2. The minimum absolute atomic E-state index is 0.151. The van der Waals surface area contributed by atoms with Gasteiger partial charge < -0.3 is 29.8 Å². The van der Waals surface area contributed by atoms with Gasteiger partial charge in [-0.3, -0.25) is 0 Å². The molecule has 0 saturated heterocycles. The zero-order valence-electron chi connectivity index (χ0n) is 21.3. The molecule has 41 heavy (non-hydrogen) atoms. The van der Waals surface area contributed by atoms with Gasteiger partial charge in [0.25, 0.3) is 0 Å². The fourth-order valence-corrected chi connectivity index (χ4v) is 5.51. The number of hydrogen-bond acceptors (Lipinski definition) is 5. The maximum Gasteiger partial charge on any atom is 0.478 e. The van der Waals surface area contributed by atoms with Crippen LogP contribution in [0.15, 0.2) is 121 Å². The summed E-state index contributed by atoms with van der Waals surface area (Å²) in [7, 11) is -10.1. The van der Waals surface area contributed by atoms with Crippen LogP contribution in [-0.2, 0) is 13.4 Å². The van der Waals surface area contributed by atoms with Crippen molar-refractivity contribution in [3.8, 4) is 56.0 Å². The van der Waals surface area contributed by atoms with Gasteiger partial charge in [0, 0.05) is 22.3 Å². The van der Waals surface area contributed by atoms with Crippen molar-refractivity contribution in [2.24, 2.45) is 0 Å². The molecule has 210 valence electrons. The molecule has 0 saturated carbocycles. The van der Waals surface area contributed by atoms with Crippen LogP contribution in [0.1, 0.15) is 0 Å². The lowest BCUT2D eigenvalue weighted by atomic mass is 9.83. The lowest BCUT2D eigenvalue weighted by Gasteiger charge is -2.22. The largest absolute Gasteiger partial charge is 0.507 e. The Bertz CT molecular complexity index is 1470. The molecule has 0 unspecified atom stereocenters. The van der Waals surface area contributed by atoms with Gasteiger partial charge in [0.15, 0.2) is 0 Å². The van der Waals surface area contributed by atoms with Crippen LogP contribution >= 0.6 is 15.6 Å². The molecule has 0 aliphatic carbocycles. The van der Waals surface area contributed by atoms with Gasteiger partial charge in [-0.1, -0.05) is 121 Å². The highest BCUT2D eigenvalue weighted by Crippen LogP contribution is 2.55. The summed E-state index contributed by atoms with van der Waals surface area (Å²) in [6.07, 6.45) is 0. The van der Waals surface area contributed by atoms with E-state index in [4.69, 9.17) is 19.6 Å². The fourth-order valence-electron chi connectivity index (χ4n) is 4.41. The quantitative estimate of drug-likeness (QED) is 0.0903. The summed E-state index contributed by atoms with van der Waals surface area (Å²) in [5.74, 6) is 0.302. The first-order valence-electron chi connectivity index (χ1n) is 12.1. The van der Waals surface area contributed by atoms with Gasteiger partial charge in [0.05, 0.1) is 0 Å². The molecule has 9 nitrogen and oxygen atoms in total. The molecule has 0 amide bonds. The van der Waals surface area contributed by atoms with E-state index in [-0.39, 0.29) is 11.5 Å². The Morgan fingerprint density at radius 3 is 0.732 bits per heavy atom. The maximum absolute atomic E-state index is 11.8. The first-order chi connectivity index (χ1) is 19.5. The molecule has 6 N–H and O–H groups in total. The second-order valence-electron chi connectivity index (χ2n) is 8.72. The molecule has 0 radical (unpaired) electrons. The molecule has 0 aliphatic rings. The first kappa shape index (κ1) is 29.9. The molecule has 0 bridgehead atoms. The van der Waals surface area contributed by atoms with E-state index < -0.39 is 15.6 Å². The zero-order chi connectivity index (χ0) is 29.6. The van der Waals surface area contributed by atoms with Crippen LogP contribution in [-0.4, -0.2) is 29.8 Å². The monoisotopic (exact) mass is 592 g/mol. The van der Waals surface area contributed by atoms with E-state index in [2.05, 4.69) is 4.31 Å². The van der Waals surface area contributed by atoms with Crippen molar-refractivity contribution in [2.75, 3.05) is 0 Å². The Morgan fingerprint density at radius 1 is 0.390 bits per heavy atom. The summed E-state index contributed by atoms with van der Waals surface area (Å²) in [6.45, 7) is 0. The predicted molar refractivity (Wildman–Crippen MR) is 157 cm³/mol. The van der Waals surface area contributed by atoms with E-state index >= 15 is 0 Å². The molecular formula is C30H26O9P2. The highest BCUT2D eigenvalue weighted by atomic mass is 31.3. The lowest BCUT2D eigenvalue weighted by Crippen LogP contribution is -1.95. The van der Waals surface area contributed by atoms with Gasteiger partial charge in [0.2, 0.25) is 0 Å². The van der Waals surface area contributed by atoms with Crippen molar-refractivity contribution in [3.63, 3.8) is 0 Å². The molecule has 0 fully saturated rings. The zero-order valence-corrected chi connectivity index (χ0v) is 23.1. The standard InChI is InChI=1S/C30H22O2.H4O7P2/c31-29-25(21-13-5-1-6-14-21)26(22-15-7-2-8-16-22)30(32)28(24-19-11-4-12-20-24)27(29)23-17-9-3-10-18-23;1-8(2,3)7-9(4,5)6/h1-20,31-32H;(H2,1,2,3)(H2,4,5,6). The number of benzene rings is 5. The smallest absolute Gasteiger partial charge is 0.478 e. The third-order valence-corrected chi connectivity index (χ3v) is 7.61. The average molecular weight is 592 g/mol. The van der Waals surface area contributed by atoms with Crippen molar-refractivity contribution >= 4 is 15.6 Å². The van der Waals surface area contributed by atoms with Crippen LogP contribution in [0.2, 0.25) is 0 Å². The van der Waals surface area contributed by atoms with E-state index in [1.54, 1.807) is 0 Å². The number of rotatable bonds is 6. The number of phenolic OH excluding ortho intramolecular Hbond substituents is 2. The second-order valence-corrected chi connectivity index (χ2v) is 11.3. The van der Waals surface area contributed by atoms with Crippen LogP contribution in [0.3, 0.4) is 0 Å². The average Bonchev–Trinajstić information content (AvgIpc) is 2.94. The van der Waals surface area contributed by atoms with Gasteiger partial charge in [-0.25, -0.2) is 9.13 Å². The van der Waals surface area contributed by atoms with E-state index in [0.717, 1.165) is 22.3 Å². The number of hydrogen-bond donors (Lipinski definition) is 6. The van der Waals surface area contributed by atoms with E-state index in [0.29, 0.717) is 22.3 Å². The van der Waals surface area contributed by atoms with Crippen LogP contribution in [0.5, 0.6) is 11.5 Å². The van der Waals surface area contributed by atoms with Crippen molar-refractivity contribution in [1.29, 1.82) is 0 Å². The summed E-state index contributed by atoms with van der Waals surface area (Å²) >= 11 is 0. The molecular weight excluding hydrogens is 566 g/mol. The minimum Gasteiger partial charge on any atom is -0.507 e. The van der Waals surface area contributed by atoms with Crippen molar-refractivity contribution < 1.29 is 43.2 Å². The molecule has 0 atom stereocenters. The lowest BCUT2D eigenvalue weighted by molar-refractivity contribution is 0.225. The molecule has 5 aromatic carbocycles. The van der Waals surface area contributed by atoms with Crippen LogP contribution in [0, 0.1) is 0 Å². The fraction of sp³-hybridized carbons (Fsp3) is 0. The van der Waals surface area contributed by atoms with Crippen LogP contribution in [0.4, 0.5) is 0 Å². The molecule has 5 rings (SSSR count). The molecule has 0 heterocycles. The van der Waals surface area contributed by atoms with Crippen molar-refractivity contribution in [1.82, 2.24) is 0 Å². The molecule has 0 aromatic heterocycles. The third kappa shape index (κ3) is 7.58. The molecule has 11 heteroatoms. The molecule has 0 aliphatic heterocycles. The Kier molecular flexibility index (Phi) is 9.23. The van der Waals surface area contributed by atoms with Crippen LogP contribution < -0.4 is 0 Å². The van der Waals surface area contributed by atoms with Gasteiger partial charge in [0.1, 0.15) is 11.5 Å². The summed E-state index contributed by atoms with van der Waals surface area (Å²) in [5, 5.41) is 23.6. The van der Waals surface area contributed by atoms with Gasteiger partial charge >= 0.3 is 15.6 Å². The van der Waals surface area contributed by atoms with Gasteiger partial charge in [-0.15, -0.1) is 0 Å². The Morgan fingerprint density at radius 2 is 0.585 bits per heavy atom. The van der Waals surface area contributed by atoms with Gasteiger partial charge in [-0.05, 0) is 22.3 Å². The predicted octanol–water partition coefficient (Wildman–Crippen LogP) is 6.95. The maximum atomic E-state index is 11.8. The Labute approximate surface area is 236 Å². The first-order valence-corrected chi connectivity index (χ1v) is 15.2. The summed E-state index contributed by atoms with van der Waals surface area (Å²) in [6, 6.07) is 38.9. The molecule has 5 aromatic rings. The Balaban J connectivity index is 0.000000374. The Hall–Kier alpha value is -4.04. The molecule has 0 spiro atoms. The number of phosphoric acid groups is 2. The highest BCUT2D eigenvalue weighted by Gasteiger charge is 2.28. The topological polar surface area (TPSA) is 165 Å². The van der Waals surface area contributed by atoms with E-state index in [1.807, 2.05) is 121 Å². The third-order valence-electron chi connectivity index (χ3n) is 5.91. The highest BCUT2D eigenvalue weighted by molar-refractivity contribution is 7.60. The van der Waals surface area contributed by atoms with E-state index in [9.17, 15) is 19.3 Å². The van der Waals surface area contributed by atoms with Crippen LogP contribution in [0.25, 0.3) is 44.5 Å². The SMILES string of the molecule is O=P(O)(O)OP(=O)(O)O.Oc1c(-c2ccccc2)c(-c2ccccc2)c(O)c(-c2ccccc2)c1-c1ccccc1. The second kappa shape index (κ2) is 12.6. The van der Waals surface area contributed by atoms with Gasteiger partial charge in [-0.2, -0.15) is 4.31 Å².